The molecule has 3 aromatic carbocycles. The summed E-state index contributed by atoms with van der Waals surface area (Å²) in [6, 6.07) is 26.3. The minimum Gasteiger partial charge on any atom is -0.192 e. The lowest BCUT2D eigenvalue weighted by atomic mass is 10.0. The Labute approximate surface area is 136 Å². The molecule has 0 amide bonds. The topological polar surface area (TPSA) is 23.8 Å². The molecule has 0 N–H and O–H groups in total. The molecule has 0 aliphatic rings. The Balaban J connectivity index is 1.82. The van der Waals surface area contributed by atoms with Crippen LogP contribution in [0.5, 0.6) is 0 Å². The zero-order valence-electron chi connectivity index (χ0n) is 12.9. The fourth-order valence-corrected chi connectivity index (χ4v) is 2.39. The average Bonchev–Trinajstić information content (AvgIpc) is 2.61. The summed E-state index contributed by atoms with van der Waals surface area (Å²) < 4.78 is 0. The minimum atomic E-state index is 0.697. The second-order valence-corrected chi connectivity index (χ2v) is 5.33. The second-order valence-electron chi connectivity index (χ2n) is 5.33. The van der Waals surface area contributed by atoms with Gasteiger partial charge in [-0.3, -0.25) is 0 Å². The number of benzene rings is 3. The van der Waals surface area contributed by atoms with E-state index in [4.69, 9.17) is 5.26 Å². The van der Waals surface area contributed by atoms with Crippen LogP contribution in [-0.2, 0) is 0 Å². The highest BCUT2D eigenvalue weighted by Gasteiger charge is 1.98. The summed E-state index contributed by atoms with van der Waals surface area (Å²) in [5.41, 5.74) is 5.95. The van der Waals surface area contributed by atoms with E-state index in [-0.39, 0.29) is 0 Å². The molecule has 0 unspecified atom stereocenters. The lowest BCUT2D eigenvalue weighted by Gasteiger charge is -2.01. The quantitative estimate of drug-likeness (QED) is 0.583. The number of nitriles is 1. The Bertz CT molecular complexity index is 918. The van der Waals surface area contributed by atoms with Gasteiger partial charge in [0.1, 0.15) is 0 Å². The molecule has 0 atom stereocenters. The number of aryl methyl sites for hydroxylation is 1. The molecule has 0 radical (unpaired) electrons. The van der Waals surface area contributed by atoms with Crippen molar-refractivity contribution in [2.75, 3.05) is 0 Å². The first-order valence-electron chi connectivity index (χ1n) is 7.44. The maximum Gasteiger partial charge on any atom is 0.0994 e. The molecule has 0 spiro atoms. The van der Waals surface area contributed by atoms with Gasteiger partial charge in [0.25, 0.3) is 0 Å². The van der Waals surface area contributed by atoms with E-state index < -0.39 is 0 Å². The van der Waals surface area contributed by atoms with Crippen molar-refractivity contribution in [2.45, 2.75) is 6.92 Å². The number of nitrogens with zero attached hydrogens (tertiary/aromatic N) is 1. The first-order chi connectivity index (χ1) is 11.3. The number of hydrogen-bond donors (Lipinski definition) is 0. The highest BCUT2D eigenvalue weighted by molar-refractivity contribution is 5.64. The summed E-state index contributed by atoms with van der Waals surface area (Å²) in [6.07, 6.45) is 0. The lowest BCUT2D eigenvalue weighted by molar-refractivity contribution is 1.38. The summed E-state index contributed by atoms with van der Waals surface area (Å²) in [7, 11) is 0. The smallest absolute Gasteiger partial charge is 0.0994 e. The van der Waals surface area contributed by atoms with E-state index >= 15 is 0 Å². The molecule has 0 saturated heterocycles. The molecule has 0 fully saturated rings. The molecule has 1 heteroatoms. The normalized spacial score (nSPS) is 9.57. The Morgan fingerprint density at radius 2 is 1.30 bits per heavy atom. The van der Waals surface area contributed by atoms with E-state index in [0.29, 0.717) is 5.56 Å². The summed E-state index contributed by atoms with van der Waals surface area (Å²) in [5, 5.41) is 8.95. The molecule has 108 valence electrons. The van der Waals surface area contributed by atoms with Gasteiger partial charge in [-0.2, -0.15) is 5.26 Å². The van der Waals surface area contributed by atoms with Gasteiger partial charge in [-0.1, -0.05) is 54.3 Å². The molecule has 23 heavy (non-hydrogen) atoms. The fraction of sp³-hybridized carbons (Fsp3) is 0.0455. The third-order valence-electron chi connectivity index (χ3n) is 3.69. The van der Waals surface area contributed by atoms with E-state index in [9.17, 15) is 0 Å². The highest BCUT2D eigenvalue weighted by atomic mass is 14.2. The van der Waals surface area contributed by atoms with E-state index in [0.717, 1.165) is 16.7 Å². The van der Waals surface area contributed by atoms with Gasteiger partial charge in [0.15, 0.2) is 0 Å². The van der Waals surface area contributed by atoms with Crippen molar-refractivity contribution < 1.29 is 0 Å². The Kier molecular flexibility index (Phi) is 4.23. The average molecular weight is 293 g/mol. The Hall–Kier alpha value is -3.29. The predicted molar refractivity (Wildman–Crippen MR) is 93.8 cm³/mol. The summed E-state index contributed by atoms with van der Waals surface area (Å²) >= 11 is 0. The number of rotatable bonds is 1. The molecule has 0 saturated carbocycles. The van der Waals surface area contributed by atoms with E-state index in [1.807, 2.05) is 55.5 Å². The zero-order chi connectivity index (χ0) is 16.1. The Morgan fingerprint density at radius 1 is 0.696 bits per heavy atom. The van der Waals surface area contributed by atoms with Crippen molar-refractivity contribution in [2.24, 2.45) is 0 Å². The van der Waals surface area contributed by atoms with Crippen molar-refractivity contribution in [3.05, 3.63) is 95.1 Å². The second kappa shape index (κ2) is 6.65. The van der Waals surface area contributed by atoms with Gasteiger partial charge in [-0.25, -0.2) is 0 Å². The van der Waals surface area contributed by atoms with Crippen LogP contribution in [-0.4, -0.2) is 0 Å². The first-order valence-corrected chi connectivity index (χ1v) is 7.44. The molecule has 0 bridgehead atoms. The van der Waals surface area contributed by atoms with Crippen molar-refractivity contribution in [1.82, 2.24) is 0 Å². The van der Waals surface area contributed by atoms with Crippen molar-refractivity contribution in [3.63, 3.8) is 0 Å². The van der Waals surface area contributed by atoms with Gasteiger partial charge in [-0.15, -0.1) is 0 Å². The van der Waals surface area contributed by atoms with Crippen LogP contribution in [0.1, 0.15) is 22.3 Å². The lowest BCUT2D eigenvalue weighted by Crippen LogP contribution is -1.84. The largest absolute Gasteiger partial charge is 0.192 e. The first kappa shape index (κ1) is 14.6. The fourth-order valence-electron chi connectivity index (χ4n) is 2.39. The molecule has 0 heterocycles. The van der Waals surface area contributed by atoms with E-state index in [1.165, 1.54) is 11.1 Å². The molecule has 3 rings (SSSR count). The van der Waals surface area contributed by atoms with Crippen LogP contribution < -0.4 is 0 Å². The van der Waals surface area contributed by atoms with E-state index in [2.05, 4.69) is 42.2 Å². The summed E-state index contributed by atoms with van der Waals surface area (Å²) in [5.74, 6) is 6.32. The number of hydrogen-bond acceptors (Lipinski definition) is 1. The SMILES string of the molecule is Cc1cc(C#Cc2ccc(-c3ccccc3)cc2)ccc1C#N. The van der Waals surface area contributed by atoms with Gasteiger partial charge in [0.05, 0.1) is 11.6 Å². The zero-order valence-corrected chi connectivity index (χ0v) is 12.9. The predicted octanol–water partition coefficient (Wildman–Crippen LogP) is 4.93. The van der Waals surface area contributed by atoms with Gasteiger partial charge in [0.2, 0.25) is 0 Å². The third-order valence-corrected chi connectivity index (χ3v) is 3.69. The molecule has 1 nitrogen and oxygen atoms in total. The van der Waals surface area contributed by atoms with Crippen molar-refractivity contribution in [1.29, 1.82) is 5.26 Å². The molecule has 0 aliphatic carbocycles. The third kappa shape index (κ3) is 3.49. The molecular formula is C22H15N. The van der Waals surface area contributed by atoms with Crippen LogP contribution in [0.2, 0.25) is 0 Å². The monoisotopic (exact) mass is 293 g/mol. The van der Waals surface area contributed by atoms with Crippen LogP contribution in [0, 0.1) is 30.1 Å². The summed E-state index contributed by atoms with van der Waals surface area (Å²) in [6.45, 7) is 1.93. The Morgan fingerprint density at radius 3 is 1.96 bits per heavy atom. The van der Waals surface area contributed by atoms with Gasteiger partial charge >= 0.3 is 0 Å². The van der Waals surface area contributed by atoms with Crippen LogP contribution in [0.3, 0.4) is 0 Å². The van der Waals surface area contributed by atoms with Crippen LogP contribution in [0.4, 0.5) is 0 Å². The molecule has 0 aliphatic heterocycles. The van der Waals surface area contributed by atoms with Crippen LogP contribution in [0.25, 0.3) is 11.1 Å². The maximum absolute atomic E-state index is 8.95. The van der Waals surface area contributed by atoms with Crippen molar-refractivity contribution >= 4 is 0 Å². The molecule has 0 aromatic heterocycles. The van der Waals surface area contributed by atoms with Gasteiger partial charge in [-0.05, 0) is 53.9 Å². The highest BCUT2D eigenvalue weighted by Crippen LogP contribution is 2.19. The van der Waals surface area contributed by atoms with Gasteiger partial charge < -0.3 is 0 Å². The van der Waals surface area contributed by atoms with Crippen LogP contribution >= 0.6 is 0 Å². The van der Waals surface area contributed by atoms with Gasteiger partial charge in [0, 0.05) is 11.1 Å². The summed E-state index contributed by atoms with van der Waals surface area (Å²) in [4.78, 5) is 0. The van der Waals surface area contributed by atoms with E-state index in [1.54, 1.807) is 0 Å². The standard InChI is InChI=1S/C22H15N/c1-17-15-19(11-14-22(17)16-23)8-7-18-9-12-21(13-10-18)20-5-3-2-4-6-20/h2-6,9-15H,1H3. The molecule has 3 aromatic rings. The van der Waals surface area contributed by atoms with Crippen molar-refractivity contribution in [3.8, 4) is 29.0 Å². The minimum absolute atomic E-state index is 0.697. The van der Waals surface area contributed by atoms with Crippen LogP contribution in [0.15, 0.2) is 72.8 Å². The molecular weight excluding hydrogens is 278 g/mol. The maximum atomic E-state index is 8.95.